The van der Waals surface area contributed by atoms with Gasteiger partial charge in [0.25, 0.3) is 10.0 Å². The summed E-state index contributed by atoms with van der Waals surface area (Å²) < 4.78 is 45.6. The number of benzene rings is 3. The van der Waals surface area contributed by atoms with Crippen molar-refractivity contribution in [3.05, 3.63) is 78.4 Å². The van der Waals surface area contributed by atoms with E-state index in [2.05, 4.69) is 5.32 Å². The van der Waals surface area contributed by atoms with E-state index >= 15 is 0 Å². The number of ether oxygens (including phenoxy) is 3. The van der Waals surface area contributed by atoms with Gasteiger partial charge in [0.1, 0.15) is 31.5 Å². The van der Waals surface area contributed by atoms with Crippen molar-refractivity contribution in [3.63, 3.8) is 0 Å². The van der Waals surface area contributed by atoms with Gasteiger partial charge in [0.15, 0.2) is 11.5 Å². The van der Waals surface area contributed by atoms with Gasteiger partial charge in [0.2, 0.25) is 11.8 Å². The summed E-state index contributed by atoms with van der Waals surface area (Å²) in [5.41, 5.74) is 0.956. The molecule has 2 amide bonds. The van der Waals surface area contributed by atoms with Crippen molar-refractivity contribution in [2.24, 2.45) is 5.92 Å². The number of carbonyl (C=O) groups is 2. The van der Waals surface area contributed by atoms with E-state index in [1.54, 1.807) is 68.6 Å². The molecule has 224 valence electrons. The highest BCUT2D eigenvalue weighted by Gasteiger charge is 2.33. The second kappa shape index (κ2) is 13.6. The largest absolute Gasteiger partial charge is 0.497 e. The van der Waals surface area contributed by atoms with Crippen molar-refractivity contribution in [2.75, 3.05) is 37.7 Å². The Morgan fingerprint density at radius 1 is 0.929 bits per heavy atom. The number of methoxy groups -OCH3 is 1. The van der Waals surface area contributed by atoms with Gasteiger partial charge in [-0.15, -0.1) is 0 Å². The van der Waals surface area contributed by atoms with Crippen LogP contribution in [0.25, 0.3) is 0 Å². The lowest BCUT2D eigenvalue weighted by Crippen LogP contribution is -2.51. The Hall–Kier alpha value is -4.25. The van der Waals surface area contributed by atoms with Crippen LogP contribution in [0.15, 0.2) is 77.7 Å². The topological polar surface area (TPSA) is 114 Å². The number of fused-ring (bicyclic) bond motifs is 1. The predicted octanol–water partition coefficient (Wildman–Crippen LogP) is 3.85. The number of rotatable bonds is 12. The first-order chi connectivity index (χ1) is 20.1. The Kier molecular flexibility index (Phi) is 9.95. The second-order valence-corrected chi connectivity index (χ2v) is 12.2. The first-order valence-electron chi connectivity index (χ1n) is 13.8. The molecule has 0 fully saturated rings. The van der Waals surface area contributed by atoms with Crippen LogP contribution in [0.3, 0.4) is 0 Å². The lowest BCUT2D eigenvalue weighted by atomic mass is 10.1. The van der Waals surface area contributed by atoms with E-state index in [4.69, 9.17) is 14.2 Å². The van der Waals surface area contributed by atoms with E-state index in [1.165, 1.54) is 17.0 Å². The predicted molar refractivity (Wildman–Crippen MR) is 159 cm³/mol. The summed E-state index contributed by atoms with van der Waals surface area (Å²) in [4.78, 5) is 28.6. The van der Waals surface area contributed by atoms with E-state index in [9.17, 15) is 18.0 Å². The van der Waals surface area contributed by atoms with Gasteiger partial charge in [0, 0.05) is 19.2 Å². The molecule has 10 nitrogen and oxygen atoms in total. The third-order valence-electron chi connectivity index (χ3n) is 6.76. The smallest absolute Gasteiger partial charge is 0.264 e. The van der Waals surface area contributed by atoms with Crippen LogP contribution in [0.5, 0.6) is 17.2 Å². The number of amides is 2. The van der Waals surface area contributed by atoms with Crippen LogP contribution < -0.4 is 23.8 Å². The lowest BCUT2D eigenvalue weighted by Gasteiger charge is -2.32. The van der Waals surface area contributed by atoms with Crippen LogP contribution in [0.2, 0.25) is 0 Å². The van der Waals surface area contributed by atoms with Gasteiger partial charge >= 0.3 is 0 Å². The summed E-state index contributed by atoms with van der Waals surface area (Å²) in [6.45, 7) is 6.23. The van der Waals surface area contributed by atoms with Crippen LogP contribution >= 0.6 is 0 Å². The van der Waals surface area contributed by atoms with E-state index in [0.29, 0.717) is 37.0 Å². The average molecular weight is 596 g/mol. The molecular weight excluding hydrogens is 558 g/mol. The zero-order valence-corrected chi connectivity index (χ0v) is 25.1. The van der Waals surface area contributed by atoms with Crippen LogP contribution in [0.4, 0.5) is 5.69 Å². The van der Waals surface area contributed by atoms with Crippen LogP contribution in [-0.2, 0) is 26.2 Å². The van der Waals surface area contributed by atoms with Gasteiger partial charge in [0.05, 0.1) is 17.7 Å². The van der Waals surface area contributed by atoms with Crippen LogP contribution in [0, 0.1) is 5.92 Å². The fraction of sp³-hybridized carbons (Fsp3) is 0.355. The van der Waals surface area contributed by atoms with Crippen molar-refractivity contribution < 1.29 is 32.2 Å². The molecule has 0 unspecified atom stereocenters. The van der Waals surface area contributed by atoms with Crippen molar-refractivity contribution in [3.8, 4) is 17.2 Å². The Labute approximate surface area is 247 Å². The highest BCUT2D eigenvalue weighted by molar-refractivity contribution is 7.92. The third-order valence-corrected chi connectivity index (χ3v) is 8.55. The highest BCUT2D eigenvalue weighted by Crippen LogP contribution is 2.36. The van der Waals surface area contributed by atoms with E-state index < -0.39 is 28.5 Å². The lowest BCUT2D eigenvalue weighted by molar-refractivity contribution is -0.139. The second-order valence-electron chi connectivity index (χ2n) is 10.3. The van der Waals surface area contributed by atoms with Gasteiger partial charge in [-0.25, -0.2) is 8.42 Å². The molecule has 1 atom stereocenters. The van der Waals surface area contributed by atoms with E-state index in [-0.39, 0.29) is 29.0 Å². The summed E-state index contributed by atoms with van der Waals surface area (Å²) in [6.07, 6.45) is 0. The fourth-order valence-corrected chi connectivity index (χ4v) is 5.87. The minimum Gasteiger partial charge on any atom is -0.497 e. The number of carbonyl (C=O) groups excluding carboxylic acids is 2. The molecule has 1 heterocycles. The minimum atomic E-state index is -4.19. The molecule has 42 heavy (non-hydrogen) atoms. The van der Waals surface area contributed by atoms with Crippen LogP contribution in [-0.4, -0.2) is 64.6 Å². The molecule has 1 aliphatic heterocycles. The Morgan fingerprint density at radius 3 is 2.33 bits per heavy atom. The Morgan fingerprint density at radius 2 is 1.64 bits per heavy atom. The zero-order chi connectivity index (χ0) is 30.3. The molecule has 0 saturated carbocycles. The minimum absolute atomic E-state index is 0.0229. The number of nitrogens with zero attached hydrogens (tertiary/aromatic N) is 2. The fourth-order valence-electron chi connectivity index (χ4n) is 4.44. The number of hydrogen-bond acceptors (Lipinski definition) is 7. The SMILES string of the molecule is COc1cccc(CN(C(=O)CN(c2ccc3c(c2)OCCO3)S(=O)(=O)c2ccccc2)[C@H](C)C(=O)NCC(C)C)c1. The molecule has 3 aromatic rings. The quantitative estimate of drug-likeness (QED) is 0.338. The number of hydrogen-bond donors (Lipinski definition) is 1. The highest BCUT2D eigenvalue weighted by atomic mass is 32.2. The molecule has 0 saturated heterocycles. The molecule has 0 aliphatic carbocycles. The van der Waals surface area contributed by atoms with Crippen molar-refractivity contribution in [2.45, 2.75) is 38.3 Å². The third kappa shape index (κ3) is 7.33. The summed E-state index contributed by atoms with van der Waals surface area (Å²) in [7, 11) is -2.65. The maximum absolute atomic E-state index is 14.1. The normalized spacial score (nSPS) is 13.3. The van der Waals surface area contributed by atoms with Gasteiger partial charge < -0.3 is 24.4 Å². The Balaban J connectivity index is 1.72. The molecule has 0 bridgehead atoms. The van der Waals surface area contributed by atoms with Gasteiger partial charge in [-0.05, 0) is 54.8 Å². The monoisotopic (exact) mass is 595 g/mol. The molecule has 3 aromatic carbocycles. The molecular formula is C31H37N3O7S. The molecule has 1 N–H and O–H groups in total. The average Bonchev–Trinajstić information content (AvgIpc) is 3.01. The van der Waals surface area contributed by atoms with Gasteiger partial charge in [-0.1, -0.05) is 44.2 Å². The zero-order valence-electron chi connectivity index (χ0n) is 24.3. The first kappa shape index (κ1) is 30.7. The maximum Gasteiger partial charge on any atom is 0.264 e. The molecule has 11 heteroatoms. The molecule has 0 aromatic heterocycles. The molecule has 0 radical (unpaired) electrons. The van der Waals surface area contributed by atoms with Crippen molar-refractivity contribution in [1.29, 1.82) is 0 Å². The van der Waals surface area contributed by atoms with Gasteiger partial charge in [-0.3, -0.25) is 13.9 Å². The summed E-state index contributed by atoms with van der Waals surface area (Å²) in [5, 5.41) is 2.88. The Bertz CT molecular complexity index is 1500. The van der Waals surface area contributed by atoms with E-state index in [1.807, 2.05) is 19.9 Å². The molecule has 1 aliphatic rings. The summed E-state index contributed by atoms with van der Waals surface area (Å²) >= 11 is 0. The molecule has 4 rings (SSSR count). The van der Waals surface area contributed by atoms with Crippen molar-refractivity contribution >= 4 is 27.5 Å². The summed E-state index contributed by atoms with van der Waals surface area (Å²) in [6, 6.07) is 18.9. The van der Waals surface area contributed by atoms with Gasteiger partial charge in [-0.2, -0.15) is 0 Å². The van der Waals surface area contributed by atoms with Crippen molar-refractivity contribution in [1.82, 2.24) is 10.2 Å². The summed E-state index contributed by atoms with van der Waals surface area (Å²) in [5.74, 6) is 0.792. The number of anilines is 1. The van der Waals surface area contributed by atoms with Crippen LogP contribution in [0.1, 0.15) is 26.3 Å². The first-order valence-corrected chi connectivity index (χ1v) is 15.2. The molecule has 0 spiro atoms. The number of nitrogens with one attached hydrogen (secondary N) is 1. The van der Waals surface area contributed by atoms with E-state index in [0.717, 1.165) is 9.87 Å². The standard InChI is InChI=1S/C31H37N3O7S/c1-22(2)19-32-31(36)23(3)33(20-24-9-8-10-26(17-24)39-4)30(35)21-34(42(37,38)27-11-6-5-7-12-27)25-13-14-28-29(18-25)41-16-15-40-28/h5-14,17-18,22-23H,15-16,19-21H2,1-4H3,(H,32,36)/t23-/m1/s1. The number of sulfonamides is 1. The maximum atomic E-state index is 14.1.